The van der Waals surface area contributed by atoms with Crippen LogP contribution < -0.4 is 9.92 Å². The number of nitrogens with two attached hydrogens (primary N) is 1. The standard InChI is InChI=1S/C7H8BrNO3S/c1-13(10,11)12-5-2-3-7(9)6(8)4-5/h2-4H,9H2,1H3. The maximum atomic E-state index is 10.7. The summed E-state index contributed by atoms with van der Waals surface area (Å²) in [6.45, 7) is 0. The zero-order valence-corrected chi connectivity index (χ0v) is 9.22. The minimum atomic E-state index is -3.47. The molecule has 1 aromatic rings. The fraction of sp³-hybridized carbons (Fsp3) is 0.143. The Balaban J connectivity index is 2.99. The predicted octanol–water partition coefficient (Wildman–Crippen LogP) is 1.37. The van der Waals surface area contributed by atoms with Gasteiger partial charge in [-0.05, 0) is 34.1 Å². The van der Waals surface area contributed by atoms with Gasteiger partial charge >= 0.3 is 10.1 Å². The number of hydrogen-bond donors (Lipinski definition) is 1. The molecule has 0 aliphatic rings. The van der Waals surface area contributed by atoms with Crippen molar-refractivity contribution in [2.75, 3.05) is 12.0 Å². The fourth-order valence-electron chi connectivity index (χ4n) is 0.734. The van der Waals surface area contributed by atoms with Crippen LogP contribution in [-0.4, -0.2) is 14.7 Å². The number of hydrogen-bond acceptors (Lipinski definition) is 4. The summed E-state index contributed by atoms with van der Waals surface area (Å²) in [5.41, 5.74) is 6.03. The summed E-state index contributed by atoms with van der Waals surface area (Å²) < 4.78 is 26.7. The van der Waals surface area contributed by atoms with E-state index in [2.05, 4.69) is 20.1 Å². The van der Waals surface area contributed by atoms with E-state index in [0.717, 1.165) is 6.26 Å². The van der Waals surface area contributed by atoms with Crippen molar-refractivity contribution in [3.05, 3.63) is 22.7 Å². The van der Waals surface area contributed by atoms with Gasteiger partial charge in [-0.2, -0.15) is 8.42 Å². The first-order valence-corrected chi connectivity index (χ1v) is 5.94. The van der Waals surface area contributed by atoms with Crippen LogP contribution in [0.3, 0.4) is 0 Å². The Labute approximate surface area is 85.0 Å². The molecular weight excluding hydrogens is 258 g/mol. The first kappa shape index (κ1) is 10.3. The van der Waals surface area contributed by atoms with E-state index in [4.69, 9.17) is 5.73 Å². The Morgan fingerprint density at radius 2 is 2.08 bits per heavy atom. The van der Waals surface area contributed by atoms with Crippen LogP contribution in [0.15, 0.2) is 22.7 Å². The molecule has 1 rings (SSSR count). The highest BCUT2D eigenvalue weighted by atomic mass is 79.9. The average Bonchev–Trinajstić information content (AvgIpc) is 1.94. The van der Waals surface area contributed by atoms with Crippen molar-refractivity contribution in [2.24, 2.45) is 0 Å². The van der Waals surface area contributed by atoms with E-state index in [1.165, 1.54) is 12.1 Å². The third kappa shape index (κ3) is 3.23. The zero-order chi connectivity index (χ0) is 10.1. The summed E-state index contributed by atoms with van der Waals surface area (Å²) >= 11 is 3.15. The molecule has 0 fully saturated rings. The Morgan fingerprint density at radius 1 is 1.46 bits per heavy atom. The topological polar surface area (TPSA) is 69.4 Å². The van der Waals surface area contributed by atoms with Crippen LogP contribution in [0.4, 0.5) is 5.69 Å². The van der Waals surface area contributed by atoms with Gasteiger partial charge in [0.1, 0.15) is 5.75 Å². The van der Waals surface area contributed by atoms with E-state index in [1.807, 2.05) is 0 Å². The lowest BCUT2D eigenvalue weighted by molar-refractivity contribution is 0.493. The first-order chi connectivity index (χ1) is 5.88. The van der Waals surface area contributed by atoms with Gasteiger partial charge in [-0.15, -0.1) is 0 Å². The van der Waals surface area contributed by atoms with Crippen LogP contribution in [-0.2, 0) is 10.1 Å². The summed E-state index contributed by atoms with van der Waals surface area (Å²) in [5, 5.41) is 0. The highest BCUT2D eigenvalue weighted by Crippen LogP contribution is 2.25. The maximum absolute atomic E-state index is 10.7. The predicted molar refractivity (Wildman–Crippen MR) is 54.0 cm³/mol. The molecule has 0 aliphatic carbocycles. The van der Waals surface area contributed by atoms with Crippen LogP contribution in [0.25, 0.3) is 0 Å². The van der Waals surface area contributed by atoms with E-state index in [0.29, 0.717) is 10.2 Å². The summed E-state index contributed by atoms with van der Waals surface area (Å²) in [5.74, 6) is 0.239. The molecule has 0 radical (unpaired) electrons. The van der Waals surface area contributed by atoms with Crippen LogP contribution >= 0.6 is 15.9 Å². The minimum Gasteiger partial charge on any atom is -0.398 e. The smallest absolute Gasteiger partial charge is 0.306 e. The van der Waals surface area contributed by atoms with Gasteiger partial charge in [-0.25, -0.2) is 0 Å². The first-order valence-electron chi connectivity index (χ1n) is 3.33. The summed E-state index contributed by atoms with van der Waals surface area (Å²) in [7, 11) is -3.47. The molecule has 0 aliphatic heterocycles. The van der Waals surface area contributed by atoms with Gasteiger partial charge in [0.25, 0.3) is 0 Å². The second-order valence-electron chi connectivity index (χ2n) is 2.47. The summed E-state index contributed by atoms with van der Waals surface area (Å²) in [4.78, 5) is 0. The lowest BCUT2D eigenvalue weighted by atomic mass is 10.3. The van der Waals surface area contributed by atoms with E-state index in [1.54, 1.807) is 6.07 Å². The number of anilines is 1. The molecule has 0 aromatic heterocycles. The van der Waals surface area contributed by atoms with Crippen molar-refractivity contribution < 1.29 is 12.6 Å². The van der Waals surface area contributed by atoms with Gasteiger partial charge in [0.15, 0.2) is 0 Å². The van der Waals surface area contributed by atoms with E-state index in [-0.39, 0.29) is 5.75 Å². The van der Waals surface area contributed by atoms with E-state index >= 15 is 0 Å². The van der Waals surface area contributed by atoms with Crippen LogP contribution in [0.2, 0.25) is 0 Å². The molecular formula is C7H8BrNO3S. The lowest BCUT2D eigenvalue weighted by Crippen LogP contribution is -2.05. The van der Waals surface area contributed by atoms with Gasteiger partial charge in [0, 0.05) is 10.2 Å². The van der Waals surface area contributed by atoms with Crippen molar-refractivity contribution in [1.82, 2.24) is 0 Å². The monoisotopic (exact) mass is 265 g/mol. The number of rotatable bonds is 2. The molecule has 4 nitrogen and oxygen atoms in total. The van der Waals surface area contributed by atoms with Crippen molar-refractivity contribution >= 4 is 31.7 Å². The van der Waals surface area contributed by atoms with Crippen molar-refractivity contribution in [3.63, 3.8) is 0 Å². The molecule has 1 aromatic carbocycles. The SMILES string of the molecule is CS(=O)(=O)Oc1ccc(N)c(Br)c1. The van der Waals surface area contributed by atoms with Crippen LogP contribution in [0, 0.1) is 0 Å². The molecule has 0 unspecified atom stereocenters. The molecule has 0 atom stereocenters. The molecule has 0 saturated carbocycles. The Kier molecular flexibility index (Phi) is 2.82. The van der Waals surface area contributed by atoms with Crippen molar-refractivity contribution in [1.29, 1.82) is 0 Å². The highest BCUT2D eigenvalue weighted by molar-refractivity contribution is 9.10. The van der Waals surface area contributed by atoms with Gasteiger partial charge in [0.05, 0.1) is 6.26 Å². The summed E-state index contributed by atoms with van der Waals surface area (Å²) in [6.07, 6.45) is 0.983. The Hall–Kier alpha value is -0.750. The van der Waals surface area contributed by atoms with E-state index in [9.17, 15) is 8.42 Å². The molecule has 2 N–H and O–H groups in total. The second-order valence-corrected chi connectivity index (χ2v) is 4.90. The third-order valence-corrected chi connectivity index (χ3v) is 2.40. The maximum Gasteiger partial charge on any atom is 0.306 e. The molecule has 0 amide bonds. The number of benzene rings is 1. The van der Waals surface area contributed by atoms with Gasteiger partial charge in [-0.1, -0.05) is 0 Å². The zero-order valence-electron chi connectivity index (χ0n) is 6.82. The van der Waals surface area contributed by atoms with Gasteiger partial charge in [0.2, 0.25) is 0 Å². The third-order valence-electron chi connectivity index (χ3n) is 1.22. The molecule has 6 heteroatoms. The van der Waals surface area contributed by atoms with Crippen LogP contribution in [0.5, 0.6) is 5.75 Å². The second kappa shape index (κ2) is 3.55. The average molecular weight is 266 g/mol. The minimum absolute atomic E-state index is 0.239. The normalized spacial score (nSPS) is 11.2. The fourth-order valence-corrected chi connectivity index (χ4v) is 1.55. The van der Waals surface area contributed by atoms with Crippen LogP contribution in [0.1, 0.15) is 0 Å². The van der Waals surface area contributed by atoms with Gasteiger partial charge < -0.3 is 9.92 Å². The van der Waals surface area contributed by atoms with Crippen molar-refractivity contribution in [3.8, 4) is 5.75 Å². The number of halogens is 1. The molecule has 0 bridgehead atoms. The molecule has 0 spiro atoms. The Morgan fingerprint density at radius 3 is 2.54 bits per heavy atom. The molecule has 13 heavy (non-hydrogen) atoms. The lowest BCUT2D eigenvalue weighted by Gasteiger charge is -2.03. The molecule has 0 heterocycles. The van der Waals surface area contributed by atoms with E-state index < -0.39 is 10.1 Å². The van der Waals surface area contributed by atoms with Crippen molar-refractivity contribution in [2.45, 2.75) is 0 Å². The quantitative estimate of drug-likeness (QED) is 0.648. The molecule has 72 valence electrons. The largest absolute Gasteiger partial charge is 0.398 e. The molecule has 0 saturated heterocycles. The highest BCUT2D eigenvalue weighted by Gasteiger charge is 2.05. The summed E-state index contributed by atoms with van der Waals surface area (Å²) in [6, 6.07) is 4.54. The number of nitrogen functional groups attached to an aromatic ring is 1. The van der Waals surface area contributed by atoms with Gasteiger partial charge in [-0.3, -0.25) is 0 Å². The Bertz CT molecular complexity index is 416.